The minimum Gasteiger partial charge on any atom is -0.484 e. The molecule has 7 nitrogen and oxygen atoms in total. The number of amides is 3. The van der Waals surface area contributed by atoms with Gasteiger partial charge in [0.2, 0.25) is 11.8 Å². The monoisotopic (exact) mass is 339 g/mol. The lowest BCUT2D eigenvalue weighted by Gasteiger charge is -2.18. The maximum absolute atomic E-state index is 12.0. The van der Waals surface area contributed by atoms with E-state index in [1.807, 2.05) is 12.3 Å². The molecule has 0 saturated heterocycles. The molecule has 126 valence electrons. The molecule has 0 aliphatic heterocycles. The molecule has 0 saturated carbocycles. The van der Waals surface area contributed by atoms with Crippen molar-refractivity contribution in [2.24, 2.45) is 5.73 Å². The lowest BCUT2D eigenvalue weighted by molar-refractivity contribution is -0.130. The smallest absolute Gasteiger partial charge is 0.258 e. The molecule has 4 N–H and O–H groups in total. The Bertz CT molecular complexity index is 525. The predicted octanol–water partition coefficient (Wildman–Crippen LogP) is -0.0952. The Labute approximate surface area is 139 Å². The van der Waals surface area contributed by atoms with Gasteiger partial charge in [0.1, 0.15) is 11.8 Å². The maximum Gasteiger partial charge on any atom is 0.258 e. The molecule has 0 fully saturated rings. The number of hydrogen-bond acceptors (Lipinski definition) is 5. The van der Waals surface area contributed by atoms with Crippen LogP contribution >= 0.6 is 11.8 Å². The number of benzene rings is 1. The van der Waals surface area contributed by atoms with Crippen molar-refractivity contribution in [1.29, 1.82) is 0 Å². The van der Waals surface area contributed by atoms with E-state index in [1.54, 1.807) is 36.0 Å². The fourth-order valence-corrected chi connectivity index (χ4v) is 2.17. The number of primary amides is 1. The van der Waals surface area contributed by atoms with E-state index in [1.165, 1.54) is 0 Å². The molecule has 0 heterocycles. The summed E-state index contributed by atoms with van der Waals surface area (Å²) in [5, 5.41) is 5.00. The third-order valence-electron chi connectivity index (χ3n) is 2.81. The molecule has 1 atom stereocenters. The van der Waals surface area contributed by atoms with E-state index in [0.29, 0.717) is 17.9 Å². The van der Waals surface area contributed by atoms with Crippen LogP contribution in [-0.2, 0) is 14.4 Å². The number of nitrogens with one attached hydrogen (secondary N) is 2. The summed E-state index contributed by atoms with van der Waals surface area (Å²) in [5.74, 6) is -0.226. The minimum atomic E-state index is -0.728. The van der Waals surface area contributed by atoms with E-state index >= 15 is 0 Å². The van der Waals surface area contributed by atoms with Crippen LogP contribution in [0.5, 0.6) is 5.75 Å². The largest absolute Gasteiger partial charge is 0.484 e. The molecule has 1 rings (SSSR count). The zero-order valence-electron chi connectivity index (χ0n) is 12.9. The highest BCUT2D eigenvalue weighted by atomic mass is 32.2. The molecule has 0 aliphatic carbocycles. The third-order valence-corrected chi connectivity index (χ3v) is 3.46. The van der Waals surface area contributed by atoms with Gasteiger partial charge in [0.05, 0.1) is 6.54 Å². The first-order chi connectivity index (χ1) is 11.0. The molecule has 0 aliphatic rings. The van der Waals surface area contributed by atoms with Crippen molar-refractivity contribution in [3.63, 3.8) is 0 Å². The number of para-hydroxylation sites is 1. The van der Waals surface area contributed by atoms with Gasteiger partial charge in [-0.05, 0) is 30.6 Å². The molecule has 1 aromatic rings. The van der Waals surface area contributed by atoms with Crippen molar-refractivity contribution in [2.75, 3.05) is 25.2 Å². The van der Waals surface area contributed by atoms with E-state index in [9.17, 15) is 14.4 Å². The fraction of sp³-hybridized carbons (Fsp3) is 0.400. The number of thioether (sulfide) groups is 1. The van der Waals surface area contributed by atoms with Crippen LogP contribution in [0.3, 0.4) is 0 Å². The van der Waals surface area contributed by atoms with Crippen LogP contribution in [0.2, 0.25) is 0 Å². The van der Waals surface area contributed by atoms with Gasteiger partial charge >= 0.3 is 0 Å². The van der Waals surface area contributed by atoms with Crippen LogP contribution in [-0.4, -0.2) is 48.9 Å². The Hall–Kier alpha value is -2.22. The zero-order valence-corrected chi connectivity index (χ0v) is 13.7. The summed E-state index contributed by atoms with van der Waals surface area (Å²) < 4.78 is 5.33. The molecule has 3 amide bonds. The van der Waals surface area contributed by atoms with E-state index in [4.69, 9.17) is 10.5 Å². The van der Waals surface area contributed by atoms with Gasteiger partial charge in [-0.25, -0.2) is 0 Å². The number of rotatable bonds is 10. The first-order valence-corrected chi connectivity index (χ1v) is 8.44. The van der Waals surface area contributed by atoms with E-state index in [0.717, 1.165) is 0 Å². The molecule has 1 aromatic carbocycles. The van der Waals surface area contributed by atoms with Crippen molar-refractivity contribution in [3.8, 4) is 5.75 Å². The van der Waals surface area contributed by atoms with Crippen molar-refractivity contribution in [1.82, 2.24) is 10.6 Å². The number of carbonyl (C=O) groups is 3. The van der Waals surface area contributed by atoms with Gasteiger partial charge in [0.15, 0.2) is 6.61 Å². The van der Waals surface area contributed by atoms with Gasteiger partial charge in [-0.2, -0.15) is 11.8 Å². The van der Waals surface area contributed by atoms with Gasteiger partial charge < -0.3 is 21.1 Å². The molecule has 0 radical (unpaired) electrons. The summed E-state index contributed by atoms with van der Waals surface area (Å²) >= 11 is 1.55. The van der Waals surface area contributed by atoms with Crippen LogP contribution in [0.4, 0.5) is 0 Å². The molecular weight excluding hydrogens is 318 g/mol. The fourth-order valence-electron chi connectivity index (χ4n) is 1.70. The highest BCUT2D eigenvalue weighted by molar-refractivity contribution is 7.98. The van der Waals surface area contributed by atoms with Crippen LogP contribution in [0.25, 0.3) is 0 Å². The normalized spacial score (nSPS) is 11.3. The molecule has 23 heavy (non-hydrogen) atoms. The minimum absolute atomic E-state index is 0.192. The second-order valence-electron chi connectivity index (χ2n) is 4.69. The Balaban J connectivity index is 2.49. The highest BCUT2D eigenvalue weighted by Gasteiger charge is 2.20. The van der Waals surface area contributed by atoms with Crippen LogP contribution in [0.15, 0.2) is 30.3 Å². The van der Waals surface area contributed by atoms with Crippen LogP contribution < -0.4 is 21.1 Å². The van der Waals surface area contributed by atoms with Gasteiger partial charge in [-0.3, -0.25) is 14.4 Å². The molecule has 0 spiro atoms. The first-order valence-electron chi connectivity index (χ1n) is 7.05. The van der Waals surface area contributed by atoms with Gasteiger partial charge in [-0.15, -0.1) is 0 Å². The Morgan fingerprint density at radius 1 is 1.26 bits per heavy atom. The zero-order chi connectivity index (χ0) is 17.1. The number of ether oxygens (including phenoxy) is 1. The standard InChI is InChI=1S/C15H21N3O4S/c1-23-8-7-12(15(21)17-9-13(16)19)18-14(20)10-22-11-5-3-2-4-6-11/h2-6,12H,7-10H2,1H3,(H2,16,19)(H,17,21)(H,18,20)/t12-/m1/s1. The summed E-state index contributed by atoms with van der Waals surface area (Å²) in [4.78, 5) is 34.6. The van der Waals surface area contributed by atoms with Gasteiger partial charge in [-0.1, -0.05) is 18.2 Å². The Morgan fingerprint density at radius 2 is 1.96 bits per heavy atom. The highest BCUT2D eigenvalue weighted by Crippen LogP contribution is 2.08. The van der Waals surface area contributed by atoms with E-state index in [2.05, 4.69) is 10.6 Å². The quantitative estimate of drug-likeness (QED) is 0.551. The van der Waals surface area contributed by atoms with E-state index in [-0.39, 0.29) is 13.2 Å². The second kappa shape index (κ2) is 10.5. The second-order valence-corrected chi connectivity index (χ2v) is 5.67. The summed E-state index contributed by atoms with van der Waals surface area (Å²) in [6.45, 7) is -0.451. The van der Waals surface area contributed by atoms with Crippen molar-refractivity contribution >= 4 is 29.5 Å². The molecule has 8 heteroatoms. The average Bonchev–Trinajstić information content (AvgIpc) is 2.55. The Kier molecular flexibility index (Phi) is 8.59. The van der Waals surface area contributed by atoms with Gasteiger partial charge in [0, 0.05) is 0 Å². The van der Waals surface area contributed by atoms with Crippen LogP contribution in [0, 0.1) is 0 Å². The van der Waals surface area contributed by atoms with Crippen molar-refractivity contribution in [2.45, 2.75) is 12.5 Å². The summed E-state index contributed by atoms with van der Waals surface area (Å²) in [5.41, 5.74) is 4.99. The van der Waals surface area contributed by atoms with Crippen molar-refractivity contribution in [3.05, 3.63) is 30.3 Å². The lowest BCUT2D eigenvalue weighted by atomic mass is 10.2. The number of hydrogen-bond donors (Lipinski definition) is 3. The molecular formula is C15H21N3O4S. The molecule has 0 bridgehead atoms. The topological polar surface area (TPSA) is 111 Å². The first kappa shape index (κ1) is 18.8. The van der Waals surface area contributed by atoms with Crippen molar-refractivity contribution < 1.29 is 19.1 Å². The predicted molar refractivity (Wildman–Crippen MR) is 89.1 cm³/mol. The van der Waals surface area contributed by atoms with Crippen LogP contribution in [0.1, 0.15) is 6.42 Å². The number of carbonyl (C=O) groups excluding carboxylic acids is 3. The summed E-state index contributed by atoms with van der Waals surface area (Å²) in [7, 11) is 0. The lowest BCUT2D eigenvalue weighted by Crippen LogP contribution is -2.49. The Morgan fingerprint density at radius 3 is 2.57 bits per heavy atom. The molecule has 0 unspecified atom stereocenters. The average molecular weight is 339 g/mol. The third kappa shape index (κ3) is 8.10. The summed E-state index contributed by atoms with van der Waals surface area (Å²) in [6, 6.07) is 8.18. The number of nitrogens with two attached hydrogens (primary N) is 1. The SMILES string of the molecule is CSCC[C@@H](NC(=O)COc1ccccc1)C(=O)NCC(N)=O. The maximum atomic E-state index is 12.0. The van der Waals surface area contributed by atoms with E-state index < -0.39 is 23.8 Å². The van der Waals surface area contributed by atoms with Gasteiger partial charge in [0.25, 0.3) is 5.91 Å². The summed E-state index contributed by atoms with van der Waals surface area (Å²) in [6.07, 6.45) is 2.35. The molecule has 0 aromatic heterocycles.